The molecule has 134 valence electrons. The van der Waals surface area contributed by atoms with Gasteiger partial charge in [0.15, 0.2) is 0 Å². The molecule has 5 heteroatoms. The Morgan fingerprint density at radius 1 is 1.12 bits per heavy atom. The number of nitrogens with zero attached hydrogens (tertiary/aromatic N) is 2. The summed E-state index contributed by atoms with van der Waals surface area (Å²) >= 11 is 1.50. The summed E-state index contributed by atoms with van der Waals surface area (Å²) in [4.78, 5) is 18.1. The van der Waals surface area contributed by atoms with E-state index in [1.807, 2.05) is 42.5 Å². The molecule has 0 aliphatic heterocycles. The van der Waals surface area contributed by atoms with Crippen LogP contribution in [0.1, 0.15) is 30.8 Å². The average molecular weight is 365 g/mol. The second kappa shape index (κ2) is 8.15. The van der Waals surface area contributed by atoms with Crippen molar-refractivity contribution in [3.63, 3.8) is 0 Å². The van der Waals surface area contributed by atoms with Gasteiger partial charge in [-0.05, 0) is 55.3 Å². The first-order chi connectivity index (χ1) is 12.6. The summed E-state index contributed by atoms with van der Waals surface area (Å²) in [5.74, 6) is -1.10. The van der Waals surface area contributed by atoms with Gasteiger partial charge in [0.1, 0.15) is 5.01 Å². The fraction of sp³-hybridized carbons (Fsp3) is 0.238. The van der Waals surface area contributed by atoms with E-state index >= 15 is 0 Å². The predicted octanol–water partition coefficient (Wildman–Crippen LogP) is 3.82. The number of benzene rings is 2. The van der Waals surface area contributed by atoms with Crippen molar-refractivity contribution < 1.29 is 9.90 Å². The number of rotatable bonds is 7. The largest absolute Gasteiger partial charge is 0.550 e. The fourth-order valence-electron chi connectivity index (χ4n) is 2.92. The van der Waals surface area contributed by atoms with Gasteiger partial charge in [-0.25, -0.2) is 4.98 Å². The number of para-hydroxylation sites is 1. The van der Waals surface area contributed by atoms with E-state index < -0.39 is 5.97 Å². The Balaban J connectivity index is 1.95. The SMILES string of the molecule is CCN(CC)c1ccc(/C=C(\CC(=O)[O-])c2nc3ccccc3s2)cc1. The summed E-state index contributed by atoms with van der Waals surface area (Å²) < 4.78 is 1.05. The van der Waals surface area contributed by atoms with Crippen LogP contribution in [0.5, 0.6) is 0 Å². The highest BCUT2D eigenvalue weighted by Gasteiger charge is 2.10. The van der Waals surface area contributed by atoms with Gasteiger partial charge in [0.25, 0.3) is 0 Å². The zero-order valence-electron chi connectivity index (χ0n) is 14.9. The zero-order valence-corrected chi connectivity index (χ0v) is 15.8. The molecule has 0 spiro atoms. The third-order valence-electron chi connectivity index (χ3n) is 4.27. The molecule has 0 aliphatic rings. The second-order valence-electron chi connectivity index (χ2n) is 5.97. The number of aliphatic carboxylic acids is 1. The number of carboxylic acid groups (broad SMARTS) is 1. The quantitative estimate of drug-likeness (QED) is 0.639. The van der Waals surface area contributed by atoms with Crippen molar-refractivity contribution in [2.45, 2.75) is 20.3 Å². The highest BCUT2D eigenvalue weighted by atomic mass is 32.1. The first kappa shape index (κ1) is 18.1. The van der Waals surface area contributed by atoms with E-state index in [0.29, 0.717) is 5.57 Å². The van der Waals surface area contributed by atoms with Crippen LogP contribution < -0.4 is 10.0 Å². The van der Waals surface area contributed by atoms with Gasteiger partial charge in [-0.1, -0.05) is 24.3 Å². The third kappa shape index (κ3) is 4.11. The van der Waals surface area contributed by atoms with E-state index in [0.717, 1.165) is 39.6 Å². The van der Waals surface area contributed by atoms with Crippen molar-refractivity contribution in [3.05, 3.63) is 59.1 Å². The van der Waals surface area contributed by atoms with Gasteiger partial charge >= 0.3 is 0 Å². The third-order valence-corrected chi connectivity index (χ3v) is 5.38. The minimum Gasteiger partial charge on any atom is -0.550 e. The van der Waals surface area contributed by atoms with Crippen LogP contribution in [-0.2, 0) is 4.79 Å². The Morgan fingerprint density at radius 3 is 2.42 bits per heavy atom. The molecule has 3 rings (SSSR count). The smallest absolute Gasteiger partial charge is 0.120 e. The van der Waals surface area contributed by atoms with E-state index in [2.05, 4.69) is 35.9 Å². The standard InChI is InChI=1S/C21H22N2O2S/c1-3-23(4-2)17-11-9-15(10-12-17)13-16(14-20(24)25)21-22-18-7-5-6-8-19(18)26-21/h5-13H,3-4,14H2,1-2H3,(H,24,25)/p-1/b16-13+. The molecule has 4 nitrogen and oxygen atoms in total. The molecule has 0 radical (unpaired) electrons. The number of carbonyl (C=O) groups excluding carboxylic acids is 1. The molecule has 26 heavy (non-hydrogen) atoms. The Morgan fingerprint density at radius 2 is 1.81 bits per heavy atom. The molecule has 0 N–H and O–H groups in total. The Kier molecular flexibility index (Phi) is 5.68. The van der Waals surface area contributed by atoms with E-state index in [1.165, 1.54) is 11.3 Å². The molecule has 0 saturated carbocycles. The molecular formula is C21H21N2O2S-. The minimum absolute atomic E-state index is 0.155. The highest BCUT2D eigenvalue weighted by Crippen LogP contribution is 2.30. The molecule has 0 fully saturated rings. The number of thiazole rings is 1. The molecule has 1 heterocycles. The van der Waals surface area contributed by atoms with Gasteiger partial charge < -0.3 is 14.8 Å². The van der Waals surface area contributed by atoms with Crippen LogP contribution in [0.4, 0.5) is 5.69 Å². The lowest BCUT2D eigenvalue weighted by Gasteiger charge is -2.20. The molecule has 3 aromatic rings. The van der Waals surface area contributed by atoms with E-state index in [1.54, 1.807) is 0 Å². The molecule has 0 aliphatic carbocycles. The molecule has 2 aromatic carbocycles. The van der Waals surface area contributed by atoms with E-state index in [4.69, 9.17) is 0 Å². The maximum atomic E-state index is 11.2. The van der Waals surface area contributed by atoms with Crippen molar-refractivity contribution in [1.29, 1.82) is 0 Å². The van der Waals surface area contributed by atoms with Gasteiger partial charge in [-0.15, -0.1) is 11.3 Å². The molecular weight excluding hydrogens is 344 g/mol. The van der Waals surface area contributed by atoms with E-state index in [9.17, 15) is 9.90 Å². The Labute approximate surface area is 157 Å². The lowest BCUT2D eigenvalue weighted by molar-refractivity contribution is -0.304. The lowest BCUT2D eigenvalue weighted by atomic mass is 10.1. The summed E-state index contributed by atoms with van der Waals surface area (Å²) in [6, 6.07) is 16.0. The minimum atomic E-state index is -1.10. The van der Waals surface area contributed by atoms with Crippen molar-refractivity contribution in [1.82, 2.24) is 4.98 Å². The number of anilines is 1. The number of aromatic nitrogens is 1. The van der Waals surface area contributed by atoms with E-state index in [-0.39, 0.29) is 6.42 Å². The second-order valence-corrected chi connectivity index (χ2v) is 7.00. The summed E-state index contributed by atoms with van der Waals surface area (Å²) in [5, 5.41) is 12.0. The maximum Gasteiger partial charge on any atom is 0.120 e. The molecule has 0 saturated heterocycles. The van der Waals surface area contributed by atoms with Crippen molar-refractivity contribution in [2.24, 2.45) is 0 Å². The zero-order chi connectivity index (χ0) is 18.5. The molecule has 0 unspecified atom stereocenters. The topological polar surface area (TPSA) is 56.3 Å². The summed E-state index contributed by atoms with van der Waals surface area (Å²) in [5.41, 5.74) is 3.67. The average Bonchev–Trinajstić information content (AvgIpc) is 3.07. The molecule has 0 amide bonds. The molecule has 0 bridgehead atoms. The predicted molar refractivity (Wildman–Crippen MR) is 107 cm³/mol. The van der Waals surface area contributed by atoms with Crippen molar-refractivity contribution in [3.8, 4) is 0 Å². The number of hydrogen-bond acceptors (Lipinski definition) is 5. The van der Waals surface area contributed by atoms with Crippen LogP contribution in [0.15, 0.2) is 48.5 Å². The van der Waals surface area contributed by atoms with Crippen LogP contribution in [0, 0.1) is 0 Å². The van der Waals surface area contributed by atoms with Gasteiger partial charge in [0, 0.05) is 31.2 Å². The van der Waals surface area contributed by atoms with Crippen LogP contribution in [0.2, 0.25) is 0 Å². The highest BCUT2D eigenvalue weighted by molar-refractivity contribution is 7.19. The van der Waals surface area contributed by atoms with Gasteiger partial charge in [0.2, 0.25) is 0 Å². The normalized spacial score (nSPS) is 11.7. The number of carboxylic acids is 1. The first-order valence-corrected chi connectivity index (χ1v) is 9.53. The fourth-order valence-corrected chi connectivity index (χ4v) is 3.90. The monoisotopic (exact) mass is 365 g/mol. The number of fused-ring (bicyclic) bond motifs is 1. The van der Waals surface area contributed by atoms with Crippen LogP contribution in [-0.4, -0.2) is 24.0 Å². The Bertz CT molecular complexity index is 892. The van der Waals surface area contributed by atoms with Gasteiger partial charge in [-0.3, -0.25) is 0 Å². The van der Waals surface area contributed by atoms with Gasteiger partial charge in [-0.2, -0.15) is 0 Å². The molecule has 1 aromatic heterocycles. The first-order valence-electron chi connectivity index (χ1n) is 8.72. The van der Waals surface area contributed by atoms with Crippen LogP contribution >= 0.6 is 11.3 Å². The van der Waals surface area contributed by atoms with Crippen molar-refractivity contribution >= 4 is 44.9 Å². The summed E-state index contributed by atoms with van der Waals surface area (Å²) in [6.45, 7) is 6.16. The molecule has 0 atom stereocenters. The Hall–Kier alpha value is -2.66. The number of carbonyl (C=O) groups is 1. The van der Waals surface area contributed by atoms with Gasteiger partial charge in [0.05, 0.1) is 10.2 Å². The van der Waals surface area contributed by atoms with Crippen LogP contribution in [0.3, 0.4) is 0 Å². The van der Waals surface area contributed by atoms with Crippen molar-refractivity contribution in [2.75, 3.05) is 18.0 Å². The summed E-state index contributed by atoms with van der Waals surface area (Å²) in [7, 11) is 0. The van der Waals surface area contributed by atoms with Crippen LogP contribution in [0.25, 0.3) is 21.9 Å². The maximum absolute atomic E-state index is 11.2. The number of hydrogen-bond donors (Lipinski definition) is 0. The summed E-state index contributed by atoms with van der Waals surface area (Å²) in [6.07, 6.45) is 1.73. The lowest BCUT2D eigenvalue weighted by Crippen LogP contribution is -2.22.